The Hall–Kier alpha value is -0.900. The molecule has 102 valence electrons. The summed E-state index contributed by atoms with van der Waals surface area (Å²) in [6.45, 7) is 11.4. The zero-order chi connectivity index (χ0) is 13.8. The molecule has 0 radical (unpaired) electrons. The Morgan fingerprint density at radius 2 is 2.11 bits per heavy atom. The van der Waals surface area contributed by atoms with E-state index in [1.54, 1.807) is 11.3 Å². The van der Waals surface area contributed by atoms with Gasteiger partial charge in [0.05, 0.1) is 10.7 Å². The van der Waals surface area contributed by atoms with Crippen LogP contribution in [0.1, 0.15) is 51.7 Å². The first-order chi connectivity index (χ1) is 8.29. The van der Waals surface area contributed by atoms with E-state index in [-0.39, 0.29) is 11.3 Å². The van der Waals surface area contributed by atoms with Gasteiger partial charge < -0.3 is 5.32 Å². The summed E-state index contributed by atoms with van der Waals surface area (Å²) in [5.74, 6) is 0.623. The van der Waals surface area contributed by atoms with Crippen LogP contribution in [0.25, 0.3) is 0 Å². The number of carbonyl (C=O) groups excluding carboxylic acids is 1. The summed E-state index contributed by atoms with van der Waals surface area (Å²) in [5, 5.41) is 6.08. The second-order valence-corrected chi connectivity index (χ2v) is 7.02. The van der Waals surface area contributed by atoms with Gasteiger partial charge in [0.25, 0.3) is 0 Å². The van der Waals surface area contributed by atoms with Crippen LogP contribution in [0.4, 0.5) is 0 Å². The monoisotopic (exact) mass is 268 g/mol. The highest BCUT2D eigenvalue weighted by atomic mass is 32.1. The summed E-state index contributed by atoms with van der Waals surface area (Å²) in [4.78, 5) is 16.2. The van der Waals surface area contributed by atoms with Gasteiger partial charge in [0.15, 0.2) is 0 Å². The van der Waals surface area contributed by atoms with Crippen LogP contribution in [0.2, 0.25) is 0 Å². The van der Waals surface area contributed by atoms with Crippen LogP contribution >= 0.6 is 11.3 Å². The lowest BCUT2D eigenvalue weighted by Gasteiger charge is -2.14. The summed E-state index contributed by atoms with van der Waals surface area (Å²) in [6, 6.07) is 0. The molecule has 1 N–H and O–H groups in total. The van der Waals surface area contributed by atoms with Crippen LogP contribution in [0.5, 0.6) is 0 Å². The van der Waals surface area contributed by atoms with Crippen LogP contribution in [-0.2, 0) is 16.6 Å². The van der Waals surface area contributed by atoms with Gasteiger partial charge in [-0.25, -0.2) is 4.98 Å². The normalized spacial score (nSPS) is 11.9. The molecule has 0 saturated heterocycles. The highest BCUT2D eigenvalue weighted by molar-refractivity contribution is 7.09. The molecular weight excluding hydrogens is 244 g/mol. The third-order valence-electron chi connectivity index (χ3n) is 2.59. The molecule has 0 aliphatic carbocycles. The fourth-order valence-electron chi connectivity index (χ4n) is 1.40. The Morgan fingerprint density at radius 1 is 1.44 bits per heavy atom. The number of amides is 1. The van der Waals surface area contributed by atoms with E-state index in [0.29, 0.717) is 12.3 Å². The van der Waals surface area contributed by atoms with Crippen molar-refractivity contribution >= 4 is 17.2 Å². The smallest absolute Gasteiger partial charge is 0.220 e. The Labute approximate surface area is 114 Å². The number of carbonyl (C=O) groups is 1. The van der Waals surface area contributed by atoms with Crippen molar-refractivity contribution in [2.75, 3.05) is 6.54 Å². The van der Waals surface area contributed by atoms with Crippen molar-refractivity contribution in [1.29, 1.82) is 0 Å². The number of thiazole rings is 1. The summed E-state index contributed by atoms with van der Waals surface area (Å²) in [7, 11) is 0. The van der Waals surface area contributed by atoms with Crippen molar-refractivity contribution in [3.63, 3.8) is 0 Å². The van der Waals surface area contributed by atoms with Crippen LogP contribution in [-0.4, -0.2) is 17.4 Å². The second-order valence-electron chi connectivity index (χ2n) is 6.07. The van der Waals surface area contributed by atoms with Crippen molar-refractivity contribution in [3.05, 3.63) is 16.1 Å². The van der Waals surface area contributed by atoms with E-state index in [1.807, 2.05) is 0 Å². The lowest BCUT2D eigenvalue weighted by Crippen LogP contribution is -2.27. The SMILES string of the molecule is CC(C)CNC(=O)CCc1nc(C(C)(C)C)cs1. The first kappa shape index (κ1) is 15.2. The number of nitrogens with one attached hydrogen (secondary N) is 1. The molecular formula is C14H24N2OS. The van der Waals surface area contributed by atoms with E-state index in [1.165, 1.54) is 0 Å². The largest absolute Gasteiger partial charge is 0.356 e. The summed E-state index contributed by atoms with van der Waals surface area (Å²) in [6.07, 6.45) is 1.27. The van der Waals surface area contributed by atoms with Gasteiger partial charge in [-0.2, -0.15) is 0 Å². The molecule has 0 aliphatic heterocycles. The van der Waals surface area contributed by atoms with Gasteiger partial charge in [-0.1, -0.05) is 34.6 Å². The maximum atomic E-state index is 11.6. The van der Waals surface area contributed by atoms with Crippen LogP contribution in [0.3, 0.4) is 0 Å². The van der Waals surface area contributed by atoms with Gasteiger partial charge in [0.1, 0.15) is 0 Å². The lowest BCUT2D eigenvalue weighted by atomic mass is 9.93. The van der Waals surface area contributed by atoms with E-state index in [4.69, 9.17) is 0 Å². The van der Waals surface area contributed by atoms with E-state index in [0.717, 1.165) is 23.7 Å². The number of rotatable bonds is 5. The highest BCUT2D eigenvalue weighted by Crippen LogP contribution is 2.24. The number of hydrogen-bond donors (Lipinski definition) is 1. The fraction of sp³-hybridized carbons (Fsp3) is 0.714. The maximum absolute atomic E-state index is 11.6. The minimum Gasteiger partial charge on any atom is -0.356 e. The van der Waals surface area contributed by atoms with Crippen molar-refractivity contribution < 1.29 is 4.79 Å². The second kappa shape index (κ2) is 6.32. The van der Waals surface area contributed by atoms with E-state index >= 15 is 0 Å². The van der Waals surface area contributed by atoms with Gasteiger partial charge in [0.2, 0.25) is 5.91 Å². The van der Waals surface area contributed by atoms with Gasteiger partial charge in [-0.05, 0) is 5.92 Å². The van der Waals surface area contributed by atoms with Crippen LogP contribution in [0.15, 0.2) is 5.38 Å². The number of hydrogen-bond acceptors (Lipinski definition) is 3. The first-order valence-electron chi connectivity index (χ1n) is 6.50. The van der Waals surface area contributed by atoms with Crippen molar-refractivity contribution in [1.82, 2.24) is 10.3 Å². The molecule has 1 heterocycles. The molecule has 3 nitrogen and oxygen atoms in total. The molecule has 1 rings (SSSR count). The zero-order valence-electron chi connectivity index (χ0n) is 12.0. The molecule has 0 saturated carbocycles. The first-order valence-corrected chi connectivity index (χ1v) is 7.38. The molecule has 1 aromatic rings. The van der Waals surface area contributed by atoms with E-state index < -0.39 is 0 Å². The summed E-state index contributed by atoms with van der Waals surface area (Å²) in [5.41, 5.74) is 1.21. The maximum Gasteiger partial charge on any atom is 0.220 e. The van der Waals surface area contributed by atoms with Crippen LogP contribution < -0.4 is 5.32 Å². The van der Waals surface area contributed by atoms with Crippen LogP contribution in [0, 0.1) is 5.92 Å². The third-order valence-corrected chi connectivity index (χ3v) is 3.50. The predicted octanol–water partition coefficient (Wildman–Crippen LogP) is 3.15. The minimum absolute atomic E-state index is 0.0919. The Bertz CT molecular complexity index is 391. The molecule has 0 bridgehead atoms. The van der Waals surface area contributed by atoms with Crippen molar-refractivity contribution in [2.24, 2.45) is 5.92 Å². The molecule has 0 aliphatic rings. The fourth-order valence-corrected chi connectivity index (χ4v) is 2.42. The third kappa shape index (κ3) is 5.17. The van der Waals surface area contributed by atoms with Crippen molar-refractivity contribution in [2.45, 2.75) is 52.9 Å². The molecule has 1 amide bonds. The quantitative estimate of drug-likeness (QED) is 0.891. The standard InChI is InChI=1S/C14H24N2OS/c1-10(2)8-15-12(17)6-7-13-16-11(9-18-13)14(3,4)5/h9-10H,6-8H2,1-5H3,(H,15,17). The summed E-state index contributed by atoms with van der Waals surface area (Å²) < 4.78 is 0. The predicted molar refractivity (Wildman–Crippen MR) is 77.0 cm³/mol. The number of aromatic nitrogens is 1. The Balaban J connectivity index is 2.40. The Morgan fingerprint density at radius 3 is 2.61 bits per heavy atom. The van der Waals surface area contributed by atoms with E-state index in [2.05, 4.69) is 50.3 Å². The molecule has 0 atom stereocenters. The van der Waals surface area contributed by atoms with Gasteiger partial charge in [-0.15, -0.1) is 11.3 Å². The molecule has 0 aromatic carbocycles. The van der Waals surface area contributed by atoms with Gasteiger partial charge >= 0.3 is 0 Å². The van der Waals surface area contributed by atoms with Crippen molar-refractivity contribution in [3.8, 4) is 0 Å². The summed E-state index contributed by atoms with van der Waals surface area (Å²) >= 11 is 1.65. The Kier molecular flexibility index (Phi) is 5.32. The molecule has 1 aromatic heterocycles. The topological polar surface area (TPSA) is 42.0 Å². The highest BCUT2D eigenvalue weighted by Gasteiger charge is 2.17. The molecule has 0 spiro atoms. The van der Waals surface area contributed by atoms with E-state index in [9.17, 15) is 4.79 Å². The van der Waals surface area contributed by atoms with Gasteiger partial charge in [-0.3, -0.25) is 4.79 Å². The molecule has 4 heteroatoms. The van der Waals surface area contributed by atoms with Gasteiger partial charge in [0, 0.05) is 30.2 Å². The average Bonchev–Trinajstić information content (AvgIpc) is 2.71. The average molecular weight is 268 g/mol. The zero-order valence-corrected chi connectivity index (χ0v) is 12.9. The molecule has 18 heavy (non-hydrogen) atoms. The molecule has 0 unspecified atom stereocenters. The number of aryl methyl sites for hydroxylation is 1. The minimum atomic E-state index is 0.0919. The number of nitrogens with zero attached hydrogens (tertiary/aromatic N) is 1. The lowest BCUT2D eigenvalue weighted by molar-refractivity contribution is -0.121. The molecule has 0 fully saturated rings.